The Morgan fingerprint density at radius 1 is 0.753 bits per heavy atom. The number of hydrogen-bond donors (Lipinski definition) is 6. The Morgan fingerprint density at radius 2 is 1.30 bits per heavy atom. The van der Waals surface area contributed by atoms with Crippen LogP contribution in [0.2, 0.25) is 0 Å². The van der Waals surface area contributed by atoms with Crippen LogP contribution in [0.5, 0.6) is 0 Å². The fraction of sp³-hybridized carbons (Fsp3) is 0.769. The Kier molecular flexibility index (Phi) is 35.6. The molecule has 1 aliphatic rings. The molecule has 21 heteroatoms. The van der Waals surface area contributed by atoms with Crippen LogP contribution < -0.4 is 11.4 Å². The second-order valence-corrected chi connectivity index (χ2v) is 22.4. The van der Waals surface area contributed by atoms with E-state index in [0.29, 0.717) is 19.3 Å². The van der Waals surface area contributed by atoms with Crippen LogP contribution in [-0.4, -0.2) is 96.9 Å². The molecule has 1 aromatic heterocycles. The third-order valence-corrected chi connectivity index (χ3v) is 14.8. The van der Waals surface area contributed by atoms with E-state index in [1.807, 2.05) is 37.3 Å². The van der Waals surface area contributed by atoms with E-state index in [-0.39, 0.29) is 18.7 Å². The number of allylic oxidation sites excluding steroid dienone is 4. The number of carbonyl (C=O) groups is 2. The molecule has 1 saturated heterocycles. The van der Waals surface area contributed by atoms with E-state index < -0.39 is 89.8 Å². The van der Waals surface area contributed by atoms with Crippen molar-refractivity contribution in [3.8, 4) is 0 Å². The number of aliphatic hydroxyl groups is 3. The lowest BCUT2D eigenvalue weighted by atomic mass is 10.0. The van der Waals surface area contributed by atoms with Crippen molar-refractivity contribution in [3.63, 3.8) is 0 Å². The van der Waals surface area contributed by atoms with E-state index in [1.165, 1.54) is 83.1 Å². The third-order valence-electron chi connectivity index (χ3n) is 12.2. The molecule has 0 bridgehead atoms. The minimum absolute atomic E-state index is 0.00483. The number of hydrogen-bond acceptors (Lipinski definition) is 16. The fourth-order valence-electron chi connectivity index (χ4n) is 8.06. The lowest BCUT2D eigenvalue weighted by Crippen LogP contribution is -2.36. The van der Waals surface area contributed by atoms with Crippen LogP contribution in [0.3, 0.4) is 0 Å². The Bertz CT molecular complexity index is 1900. The highest BCUT2D eigenvalue weighted by molar-refractivity contribution is 7.61. The molecule has 73 heavy (non-hydrogen) atoms. The zero-order valence-corrected chi connectivity index (χ0v) is 45.8. The minimum Gasteiger partial charge on any atom is -0.462 e. The number of phosphoric ester groups is 2. The van der Waals surface area contributed by atoms with Crippen molar-refractivity contribution < 1.29 is 71.4 Å². The number of rotatable bonds is 44. The molecule has 1 aliphatic heterocycles. The molecular weight excluding hydrogens is 985 g/mol. The molecule has 1 fully saturated rings. The van der Waals surface area contributed by atoms with E-state index in [2.05, 4.69) is 23.1 Å². The summed E-state index contributed by atoms with van der Waals surface area (Å²) >= 11 is 0. The number of nitrogens with two attached hydrogens (primary N) is 1. The molecule has 0 amide bonds. The number of ether oxygens (including phenoxy) is 3. The highest BCUT2D eigenvalue weighted by atomic mass is 31.3. The molecule has 0 aliphatic carbocycles. The standard InChI is InChI=1S/C52H91N3O16P2/c1-4-5-27-33-43(56)34-29-24-20-16-14-18-22-26-31-36-48(58)69-44(39-66-47(57)35-30-25-21-17-13-11-9-7-6-8-10-12-15-19-23-28-32-42(2)3)40-67-72(62,63)71-73(64,65)68-41-45-49(59)50(60)51(70-45)55-38-37-46(53)54-52(55)61/h5,20,24,27,29,34,37-38,42-45,49-51,56,59-60H,4,6-19,21-23,25-26,28,30-33,35-36,39-41H2,1-3H3,(H,62,63)(H,64,65)(H2,53,54,61)/b24-20+,27-5+,34-29+/t43?,44-,45-,49-,50-,51-/m1/s1. The number of esters is 2. The van der Waals surface area contributed by atoms with Gasteiger partial charge in [0.15, 0.2) is 12.3 Å². The first-order chi connectivity index (χ1) is 34.9. The monoisotopic (exact) mass is 1080 g/mol. The van der Waals surface area contributed by atoms with Crippen molar-refractivity contribution in [2.24, 2.45) is 5.92 Å². The first-order valence-electron chi connectivity index (χ1n) is 27.0. The summed E-state index contributed by atoms with van der Waals surface area (Å²) in [6.45, 7) is 4.27. The second-order valence-electron chi connectivity index (χ2n) is 19.4. The molecular formula is C52H91N3O16P2. The zero-order valence-electron chi connectivity index (χ0n) is 44.0. The molecule has 8 atom stereocenters. The summed E-state index contributed by atoms with van der Waals surface area (Å²) in [4.78, 5) is 62.0. The van der Waals surface area contributed by atoms with Gasteiger partial charge in [0.05, 0.1) is 19.3 Å². The van der Waals surface area contributed by atoms with Crippen molar-refractivity contribution in [3.05, 3.63) is 59.2 Å². The summed E-state index contributed by atoms with van der Waals surface area (Å²) in [7, 11) is -10.9. The van der Waals surface area contributed by atoms with E-state index in [1.54, 1.807) is 6.08 Å². The maximum atomic E-state index is 12.9. The third kappa shape index (κ3) is 32.9. The molecule has 0 spiro atoms. The van der Waals surface area contributed by atoms with Crippen LogP contribution in [0, 0.1) is 5.92 Å². The Balaban J connectivity index is 1.78. The van der Waals surface area contributed by atoms with Crippen molar-refractivity contribution in [1.29, 1.82) is 0 Å². The Labute approximate surface area is 434 Å². The summed E-state index contributed by atoms with van der Waals surface area (Å²) in [5.74, 6) is -0.539. The van der Waals surface area contributed by atoms with Gasteiger partial charge in [-0.2, -0.15) is 9.29 Å². The normalized spacial score (nSPS) is 19.7. The average molecular weight is 1080 g/mol. The van der Waals surface area contributed by atoms with E-state index in [0.717, 1.165) is 80.9 Å². The summed E-state index contributed by atoms with van der Waals surface area (Å²) in [5, 5.41) is 30.9. The Hall–Kier alpha value is -3.06. The number of nitrogen functional groups attached to an aromatic ring is 1. The van der Waals surface area contributed by atoms with E-state index in [4.69, 9.17) is 29.0 Å². The highest BCUT2D eigenvalue weighted by Crippen LogP contribution is 2.60. The molecule has 2 heterocycles. The van der Waals surface area contributed by atoms with E-state index in [9.17, 15) is 48.6 Å². The number of phosphoric acid groups is 2. The largest absolute Gasteiger partial charge is 0.481 e. The van der Waals surface area contributed by atoms with Gasteiger partial charge in [0.1, 0.15) is 30.7 Å². The smallest absolute Gasteiger partial charge is 0.462 e. The number of carbonyl (C=O) groups excluding carboxylic acids is 2. The minimum atomic E-state index is -5.44. The number of aliphatic hydroxyl groups excluding tert-OH is 3. The lowest BCUT2D eigenvalue weighted by molar-refractivity contribution is -0.161. The SMILES string of the molecule is CC/C=C/CC(O)/C=C/C=C/CCCCCCCC(=O)O[C@H](COC(=O)CCCCCCCCCCCCCCCCCCC(C)C)COP(=O)(O)OP(=O)(O)OC[C@H]1O[C@@H](n2ccc(N)nc2=O)[C@H](O)[C@@H]1O. The molecule has 7 N–H and O–H groups in total. The topological polar surface area (TPSA) is 286 Å². The summed E-state index contributed by atoms with van der Waals surface area (Å²) in [5.41, 5.74) is 4.59. The first kappa shape index (κ1) is 66.1. The van der Waals surface area contributed by atoms with Crippen molar-refractivity contribution >= 4 is 33.4 Å². The average Bonchev–Trinajstić information content (AvgIpc) is 3.61. The van der Waals surface area contributed by atoms with Crippen molar-refractivity contribution in [2.75, 3.05) is 25.6 Å². The summed E-state index contributed by atoms with van der Waals surface area (Å²) in [6, 6.07) is 1.24. The first-order valence-corrected chi connectivity index (χ1v) is 30.0. The van der Waals surface area contributed by atoms with Crippen LogP contribution in [-0.2, 0) is 46.3 Å². The number of anilines is 1. The molecule has 0 radical (unpaired) electrons. The van der Waals surface area contributed by atoms with Gasteiger partial charge in [0, 0.05) is 19.0 Å². The van der Waals surface area contributed by atoms with E-state index >= 15 is 0 Å². The van der Waals surface area contributed by atoms with Gasteiger partial charge in [0.25, 0.3) is 0 Å². The van der Waals surface area contributed by atoms with Crippen LogP contribution >= 0.6 is 15.6 Å². The molecule has 0 aromatic carbocycles. The predicted octanol–water partition coefficient (Wildman–Crippen LogP) is 10.4. The van der Waals surface area contributed by atoms with Crippen molar-refractivity contribution in [2.45, 2.75) is 231 Å². The fourth-order valence-corrected chi connectivity index (χ4v) is 10.2. The molecule has 1 aromatic rings. The van der Waals surface area contributed by atoms with Gasteiger partial charge < -0.3 is 45.1 Å². The van der Waals surface area contributed by atoms with Crippen LogP contribution in [0.15, 0.2) is 53.5 Å². The number of aromatic nitrogens is 2. The van der Waals surface area contributed by atoms with Gasteiger partial charge >= 0.3 is 33.3 Å². The molecule has 3 unspecified atom stereocenters. The summed E-state index contributed by atoms with van der Waals surface area (Å²) < 4.78 is 56.8. The zero-order chi connectivity index (χ0) is 53.7. The van der Waals surface area contributed by atoms with Gasteiger partial charge in [-0.05, 0) is 50.5 Å². The summed E-state index contributed by atoms with van der Waals surface area (Å²) in [6.07, 6.45) is 31.2. The number of unbranched alkanes of at least 4 members (excludes halogenated alkanes) is 20. The Morgan fingerprint density at radius 3 is 1.88 bits per heavy atom. The van der Waals surface area contributed by atoms with Gasteiger partial charge in [-0.25, -0.2) is 13.9 Å². The van der Waals surface area contributed by atoms with Crippen LogP contribution in [0.1, 0.15) is 200 Å². The van der Waals surface area contributed by atoms with Crippen LogP contribution in [0.25, 0.3) is 0 Å². The maximum absolute atomic E-state index is 12.9. The van der Waals surface area contributed by atoms with Gasteiger partial charge in [-0.15, -0.1) is 0 Å². The number of nitrogens with zero attached hydrogens (tertiary/aromatic N) is 2. The van der Waals surface area contributed by atoms with Crippen molar-refractivity contribution in [1.82, 2.24) is 9.55 Å². The molecule has 19 nitrogen and oxygen atoms in total. The van der Waals surface area contributed by atoms with Crippen LogP contribution in [0.4, 0.5) is 5.82 Å². The molecule has 0 saturated carbocycles. The van der Waals surface area contributed by atoms with Gasteiger partial charge in [0.2, 0.25) is 0 Å². The molecule has 2 rings (SSSR count). The molecule has 420 valence electrons. The quantitative estimate of drug-likeness (QED) is 0.0116. The lowest BCUT2D eigenvalue weighted by Gasteiger charge is -2.21. The van der Waals surface area contributed by atoms with Gasteiger partial charge in [-0.3, -0.25) is 23.2 Å². The predicted molar refractivity (Wildman–Crippen MR) is 281 cm³/mol. The second kappa shape index (κ2) is 39.3. The highest BCUT2D eigenvalue weighted by Gasteiger charge is 2.46. The van der Waals surface area contributed by atoms with Gasteiger partial charge in [-0.1, -0.05) is 179 Å². The maximum Gasteiger partial charge on any atom is 0.481 e.